The second kappa shape index (κ2) is 8.51. The number of hydrogen-bond donors (Lipinski definition) is 1. The maximum Gasteiger partial charge on any atom is 0.392 e. The Labute approximate surface area is 150 Å². The lowest BCUT2D eigenvalue weighted by Crippen LogP contribution is -2.03. The van der Waals surface area contributed by atoms with E-state index in [1.165, 1.54) is 6.08 Å². The smallest absolute Gasteiger partial charge is 0.392 e. The van der Waals surface area contributed by atoms with Crippen molar-refractivity contribution in [3.8, 4) is 11.4 Å². The predicted molar refractivity (Wildman–Crippen MR) is 97.3 cm³/mol. The summed E-state index contributed by atoms with van der Waals surface area (Å²) in [6.45, 7) is 3.71. The van der Waals surface area contributed by atoms with Crippen molar-refractivity contribution in [2.45, 2.75) is 25.4 Å². The van der Waals surface area contributed by atoms with E-state index < -0.39 is 12.6 Å². The number of nitrogen functional groups attached to an aromatic ring is 1. The van der Waals surface area contributed by atoms with Gasteiger partial charge in [-0.1, -0.05) is 30.9 Å². The molecule has 2 aromatic rings. The van der Waals surface area contributed by atoms with Crippen LogP contribution in [0.5, 0.6) is 0 Å². The van der Waals surface area contributed by atoms with E-state index in [0.29, 0.717) is 18.5 Å². The van der Waals surface area contributed by atoms with Gasteiger partial charge >= 0.3 is 6.18 Å². The van der Waals surface area contributed by atoms with E-state index in [1.807, 2.05) is 23.7 Å². The largest absolute Gasteiger partial charge is 0.399 e. The van der Waals surface area contributed by atoms with Crippen molar-refractivity contribution < 1.29 is 13.2 Å². The maximum absolute atomic E-state index is 12.1. The number of halogens is 3. The number of rotatable bonds is 7. The zero-order valence-corrected chi connectivity index (χ0v) is 14.5. The minimum Gasteiger partial charge on any atom is -0.399 e. The van der Waals surface area contributed by atoms with Crippen LogP contribution in [0.3, 0.4) is 0 Å². The Balaban J connectivity index is 2.02. The molecule has 0 aliphatic heterocycles. The van der Waals surface area contributed by atoms with E-state index >= 15 is 0 Å². The average Bonchev–Trinajstić information content (AvgIpc) is 2.95. The van der Waals surface area contributed by atoms with Gasteiger partial charge in [0.05, 0.1) is 6.42 Å². The molecular formula is C19H21F3N4. The van der Waals surface area contributed by atoms with Gasteiger partial charge in [-0.2, -0.15) is 13.2 Å². The molecule has 1 aromatic heterocycles. The number of nitrogens with zero attached hydrogens (tertiary/aromatic N) is 3. The predicted octanol–water partition coefficient (Wildman–Crippen LogP) is 4.62. The first-order valence-corrected chi connectivity index (χ1v) is 8.09. The Kier molecular flexibility index (Phi) is 6.38. The van der Waals surface area contributed by atoms with Crippen LogP contribution in [0.15, 0.2) is 60.7 Å². The molecule has 0 aliphatic carbocycles. The third kappa shape index (κ3) is 5.61. The van der Waals surface area contributed by atoms with E-state index in [-0.39, 0.29) is 0 Å². The molecule has 138 valence electrons. The number of hydrogen-bond acceptors (Lipinski definition) is 3. The highest BCUT2D eigenvalue weighted by molar-refractivity contribution is 5.58. The van der Waals surface area contributed by atoms with Crippen LogP contribution in [0.2, 0.25) is 0 Å². The zero-order valence-electron chi connectivity index (χ0n) is 14.5. The number of aryl methyl sites for hydroxylation is 1. The lowest BCUT2D eigenvalue weighted by Gasteiger charge is -2.05. The number of allylic oxidation sites excluding steroid dienone is 5. The summed E-state index contributed by atoms with van der Waals surface area (Å²) in [5, 5.41) is 8.41. The third-order valence-corrected chi connectivity index (χ3v) is 3.83. The van der Waals surface area contributed by atoms with E-state index in [4.69, 9.17) is 5.73 Å². The molecule has 0 aliphatic rings. The Morgan fingerprint density at radius 3 is 2.54 bits per heavy atom. The summed E-state index contributed by atoms with van der Waals surface area (Å²) in [6.07, 6.45) is 1.84. The van der Waals surface area contributed by atoms with E-state index in [2.05, 4.69) is 16.8 Å². The molecule has 0 radical (unpaired) electrons. The van der Waals surface area contributed by atoms with Crippen LogP contribution in [0.4, 0.5) is 18.9 Å². The fourth-order valence-electron chi connectivity index (χ4n) is 2.37. The van der Waals surface area contributed by atoms with Gasteiger partial charge in [0.2, 0.25) is 0 Å². The lowest BCUT2D eigenvalue weighted by molar-refractivity contribution is -0.125. The van der Waals surface area contributed by atoms with Gasteiger partial charge in [0, 0.05) is 24.7 Å². The Hall–Kier alpha value is -2.83. The summed E-state index contributed by atoms with van der Waals surface area (Å²) < 4.78 is 38.3. The van der Waals surface area contributed by atoms with E-state index in [1.54, 1.807) is 24.3 Å². The fraction of sp³-hybridized carbons (Fsp3) is 0.263. The molecule has 26 heavy (non-hydrogen) atoms. The van der Waals surface area contributed by atoms with Crippen molar-refractivity contribution in [1.29, 1.82) is 0 Å². The van der Waals surface area contributed by atoms with E-state index in [0.717, 1.165) is 28.9 Å². The SMILES string of the molecule is C=C/C(=C\C=C/CC(F)(F)F)CCc1nnc(-c2ccc(N)cc2)n1C. The van der Waals surface area contributed by atoms with Crippen molar-refractivity contribution in [1.82, 2.24) is 14.8 Å². The minimum absolute atomic E-state index is 0.601. The number of alkyl halides is 3. The molecule has 0 spiro atoms. The third-order valence-electron chi connectivity index (χ3n) is 3.83. The van der Waals surface area contributed by atoms with Gasteiger partial charge in [-0.25, -0.2) is 0 Å². The highest BCUT2D eigenvalue weighted by Crippen LogP contribution is 2.21. The molecule has 2 rings (SSSR count). The molecule has 0 amide bonds. The topological polar surface area (TPSA) is 56.7 Å². The summed E-state index contributed by atoms with van der Waals surface area (Å²) in [4.78, 5) is 0. The normalized spacial score (nSPS) is 12.7. The van der Waals surface area contributed by atoms with Crippen molar-refractivity contribution >= 4 is 5.69 Å². The molecule has 7 heteroatoms. The molecule has 0 bridgehead atoms. The molecule has 2 N–H and O–H groups in total. The van der Waals surface area contributed by atoms with Gasteiger partial charge in [0.1, 0.15) is 5.82 Å². The molecule has 1 heterocycles. The molecule has 0 atom stereocenters. The van der Waals surface area contributed by atoms with Gasteiger partial charge in [-0.05, 0) is 36.3 Å². The summed E-state index contributed by atoms with van der Waals surface area (Å²) in [5.41, 5.74) is 8.11. The Bertz CT molecular complexity index is 799. The monoisotopic (exact) mass is 362 g/mol. The van der Waals surface area contributed by atoms with Crippen molar-refractivity contribution in [2.24, 2.45) is 7.05 Å². The number of aromatic nitrogens is 3. The molecule has 0 saturated carbocycles. The van der Waals surface area contributed by atoms with Gasteiger partial charge in [-0.3, -0.25) is 0 Å². The quantitative estimate of drug-likeness (QED) is 0.578. The van der Waals surface area contributed by atoms with Crippen LogP contribution >= 0.6 is 0 Å². The molecular weight excluding hydrogens is 341 g/mol. The number of nitrogens with two attached hydrogens (primary N) is 1. The van der Waals surface area contributed by atoms with Crippen molar-refractivity contribution in [3.05, 3.63) is 66.5 Å². The maximum atomic E-state index is 12.1. The van der Waals surface area contributed by atoms with Crippen LogP contribution < -0.4 is 5.73 Å². The first-order valence-electron chi connectivity index (χ1n) is 8.09. The number of benzene rings is 1. The lowest BCUT2D eigenvalue weighted by atomic mass is 10.1. The number of anilines is 1. The van der Waals surface area contributed by atoms with Gasteiger partial charge in [0.25, 0.3) is 0 Å². The fourth-order valence-corrected chi connectivity index (χ4v) is 2.37. The van der Waals surface area contributed by atoms with Gasteiger partial charge in [-0.15, -0.1) is 10.2 Å². The van der Waals surface area contributed by atoms with Crippen molar-refractivity contribution in [2.75, 3.05) is 5.73 Å². The highest BCUT2D eigenvalue weighted by atomic mass is 19.4. The summed E-state index contributed by atoms with van der Waals surface area (Å²) >= 11 is 0. The summed E-state index contributed by atoms with van der Waals surface area (Å²) in [7, 11) is 1.88. The van der Waals surface area contributed by atoms with Crippen LogP contribution in [0, 0.1) is 0 Å². The first kappa shape index (κ1) is 19.5. The second-order valence-corrected chi connectivity index (χ2v) is 5.81. The average molecular weight is 362 g/mol. The zero-order chi connectivity index (χ0) is 19.2. The molecule has 0 unspecified atom stereocenters. The summed E-state index contributed by atoms with van der Waals surface area (Å²) in [5.74, 6) is 1.51. The molecule has 4 nitrogen and oxygen atoms in total. The molecule has 0 saturated heterocycles. The summed E-state index contributed by atoms with van der Waals surface area (Å²) in [6, 6.07) is 7.36. The molecule has 0 fully saturated rings. The van der Waals surface area contributed by atoms with E-state index in [9.17, 15) is 13.2 Å². The van der Waals surface area contributed by atoms with Crippen LogP contribution in [0.25, 0.3) is 11.4 Å². The Morgan fingerprint density at radius 2 is 1.92 bits per heavy atom. The first-order chi connectivity index (χ1) is 12.3. The standard InChI is InChI=1S/C19H21F3N4/c1-3-14(6-4-5-13-19(20,21)22)7-12-17-24-25-18(26(17)2)15-8-10-16(23)11-9-15/h3-6,8-11H,1,7,12-13,23H2,2H3/b5-4-,14-6+. The van der Waals surface area contributed by atoms with Crippen LogP contribution in [0.1, 0.15) is 18.7 Å². The van der Waals surface area contributed by atoms with Crippen LogP contribution in [-0.4, -0.2) is 20.9 Å². The second-order valence-electron chi connectivity index (χ2n) is 5.81. The molecule has 1 aromatic carbocycles. The van der Waals surface area contributed by atoms with Gasteiger partial charge < -0.3 is 10.3 Å². The Morgan fingerprint density at radius 1 is 1.23 bits per heavy atom. The van der Waals surface area contributed by atoms with Crippen LogP contribution in [-0.2, 0) is 13.5 Å². The highest BCUT2D eigenvalue weighted by Gasteiger charge is 2.24. The van der Waals surface area contributed by atoms with Gasteiger partial charge in [0.15, 0.2) is 5.82 Å². The minimum atomic E-state index is -4.18. The van der Waals surface area contributed by atoms with Crippen molar-refractivity contribution in [3.63, 3.8) is 0 Å².